The first-order chi connectivity index (χ1) is 11.9. The van der Waals surface area contributed by atoms with Gasteiger partial charge in [-0.3, -0.25) is 9.79 Å². The number of carboxylic acids is 1. The van der Waals surface area contributed by atoms with Crippen molar-refractivity contribution < 1.29 is 23.8 Å². The van der Waals surface area contributed by atoms with Crippen LogP contribution in [0.3, 0.4) is 0 Å². The molecule has 0 radical (unpaired) electrons. The lowest BCUT2D eigenvalue weighted by atomic mass is 9.72. The highest BCUT2D eigenvalue weighted by Gasteiger charge is 2.35. The number of nitrogens with zero attached hydrogens (tertiary/aromatic N) is 1. The highest BCUT2D eigenvalue weighted by molar-refractivity contribution is 9.10. The predicted octanol–water partition coefficient (Wildman–Crippen LogP) is 4.26. The second-order valence-electron chi connectivity index (χ2n) is 6.64. The molecule has 6 nitrogen and oxygen atoms in total. The number of furan rings is 1. The molecule has 0 bridgehead atoms. The first-order valence-corrected chi connectivity index (χ1v) is 9.27. The van der Waals surface area contributed by atoms with Gasteiger partial charge >= 0.3 is 11.9 Å². The molecule has 2 rings (SSSR count). The van der Waals surface area contributed by atoms with Gasteiger partial charge in [0.15, 0.2) is 0 Å². The third-order valence-electron chi connectivity index (χ3n) is 4.64. The number of hydrogen-bond donors (Lipinski definition) is 1. The molecule has 1 atom stereocenters. The predicted molar refractivity (Wildman–Crippen MR) is 97.2 cm³/mol. The Kier molecular flexibility index (Phi) is 6.81. The van der Waals surface area contributed by atoms with Crippen LogP contribution in [-0.2, 0) is 16.0 Å². The van der Waals surface area contributed by atoms with Crippen molar-refractivity contribution in [2.75, 3.05) is 13.7 Å². The van der Waals surface area contributed by atoms with Gasteiger partial charge in [-0.15, -0.1) is 0 Å². The van der Waals surface area contributed by atoms with Gasteiger partial charge in [0.1, 0.15) is 5.76 Å². The van der Waals surface area contributed by atoms with Crippen molar-refractivity contribution in [3.63, 3.8) is 0 Å². The van der Waals surface area contributed by atoms with Gasteiger partial charge in [0.05, 0.1) is 18.0 Å². The van der Waals surface area contributed by atoms with E-state index in [-0.39, 0.29) is 17.6 Å². The molecule has 1 aromatic rings. The molecular weight excluding hydrogens is 390 g/mol. The number of ether oxygens (including phenoxy) is 1. The quantitative estimate of drug-likeness (QED) is 0.532. The van der Waals surface area contributed by atoms with Crippen LogP contribution in [0.5, 0.6) is 0 Å². The summed E-state index contributed by atoms with van der Waals surface area (Å²) in [4.78, 5) is 27.3. The fraction of sp³-hybridized carbons (Fsp3) is 0.611. The maximum Gasteiger partial charge on any atom is 0.373 e. The van der Waals surface area contributed by atoms with Crippen LogP contribution in [0.1, 0.15) is 61.8 Å². The minimum Gasteiger partial charge on any atom is -0.481 e. The Balaban J connectivity index is 1.94. The van der Waals surface area contributed by atoms with Gasteiger partial charge in [-0.05, 0) is 41.6 Å². The summed E-state index contributed by atoms with van der Waals surface area (Å²) in [6.45, 7) is 2.62. The number of rotatable bonds is 7. The van der Waals surface area contributed by atoms with Crippen molar-refractivity contribution in [3.05, 3.63) is 22.1 Å². The van der Waals surface area contributed by atoms with Crippen molar-refractivity contribution in [2.45, 2.75) is 51.9 Å². The van der Waals surface area contributed by atoms with Crippen molar-refractivity contribution >= 4 is 33.6 Å². The molecule has 0 aromatic carbocycles. The van der Waals surface area contributed by atoms with Crippen LogP contribution in [0.2, 0.25) is 0 Å². The number of halogens is 1. The zero-order valence-corrected chi connectivity index (χ0v) is 16.2. The molecule has 138 valence electrons. The van der Waals surface area contributed by atoms with Crippen LogP contribution in [0.25, 0.3) is 0 Å². The third-order valence-corrected chi connectivity index (χ3v) is 5.31. The summed E-state index contributed by atoms with van der Waals surface area (Å²) in [6.07, 6.45) is 5.42. The second kappa shape index (κ2) is 8.65. The highest BCUT2D eigenvalue weighted by atomic mass is 79.9. The van der Waals surface area contributed by atoms with E-state index < -0.39 is 11.9 Å². The molecule has 1 N–H and O–H groups in total. The molecule has 1 saturated carbocycles. The van der Waals surface area contributed by atoms with Gasteiger partial charge in [-0.25, -0.2) is 4.79 Å². The van der Waals surface area contributed by atoms with E-state index in [1.165, 1.54) is 7.11 Å². The average Bonchev–Trinajstić information content (AvgIpc) is 2.92. The Hall–Kier alpha value is -1.63. The smallest absolute Gasteiger partial charge is 0.373 e. The molecule has 7 heteroatoms. The number of esters is 1. The lowest BCUT2D eigenvalue weighted by Crippen LogP contribution is -2.34. The summed E-state index contributed by atoms with van der Waals surface area (Å²) in [7, 11) is 1.31. The number of carboxylic acid groups (broad SMARTS) is 1. The molecule has 1 heterocycles. The monoisotopic (exact) mass is 413 g/mol. The molecule has 0 amide bonds. The van der Waals surface area contributed by atoms with Crippen LogP contribution in [0.4, 0.5) is 0 Å². The Bertz CT molecular complexity index is 666. The summed E-state index contributed by atoms with van der Waals surface area (Å²) in [6, 6.07) is 1.61. The van der Waals surface area contributed by atoms with Crippen molar-refractivity contribution in [1.29, 1.82) is 0 Å². The Morgan fingerprint density at radius 1 is 1.44 bits per heavy atom. The molecule has 1 unspecified atom stereocenters. The van der Waals surface area contributed by atoms with Crippen molar-refractivity contribution in [2.24, 2.45) is 10.4 Å². The molecule has 1 aliphatic rings. The van der Waals surface area contributed by atoms with E-state index in [9.17, 15) is 9.59 Å². The van der Waals surface area contributed by atoms with Crippen LogP contribution in [0, 0.1) is 5.41 Å². The number of carbonyl (C=O) groups excluding carboxylic acids is 1. The molecule has 25 heavy (non-hydrogen) atoms. The van der Waals surface area contributed by atoms with Gasteiger partial charge in [-0.1, -0.05) is 13.3 Å². The van der Waals surface area contributed by atoms with Crippen molar-refractivity contribution in [3.8, 4) is 0 Å². The number of aliphatic imine (C=N–C) groups is 1. The Morgan fingerprint density at radius 2 is 2.20 bits per heavy atom. The number of methoxy groups -OCH3 is 1. The van der Waals surface area contributed by atoms with E-state index in [0.29, 0.717) is 18.7 Å². The summed E-state index contributed by atoms with van der Waals surface area (Å²) in [5.41, 5.74) is 0.697. The Morgan fingerprint density at radius 3 is 2.88 bits per heavy atom. The molecule has 0 spiro atoms. The number of carbonyl (C=O) groups is 2. The number of aryl methyl sites for hydroxylation is 1. The van der Waals surface area contributed by atoms with Gasteiger partial charge in [-0.2, -0.15) is 0 Å². The fourth-order valence-corrected chi connectivity index (χ4v) is 3.77. The lowest BCUT2D eigenvalue weighted by Gasteiger charge is -2.34. The fourth-order valence-electron chi connectivity index (χ4n) is 3.28. The van der Waals surface area contributed by atoms with Gasteiger partial charge in [0.2, 0.25) is 5.76 Å². The SMILES string of the molecule is COC(=O)c1cc(Br)c(CCCN=C2CCCCC2(C)CC(=O)O)o1. The number of aliphatic carboxylic acids is 1. The van der Waals surface area contributed by atoms with E-state index in [0.717, 1.165) is 42.3 Å². The van der Waals surface area contributed by atoms with Crippen LogP contribution in [-0.4, -0.2) is 36.4 Å². The summed E-state index contributed by atoms with van der Waals surface area (Å²) in [5, 5.41) is 9.16. The van der Waals surface area contributed by atoms with Crippen LogP contribution >= 0.6 is 15.9 Å². The summed E-state index contributed by atoms with van der Waals surface area (Å²) >= 11 is 3.39. The zero-order valence-electron chi connectivity index (χ0n) is 14.6. The highest BCUT2D eigenvalue weighted by Crippen LogP contribution is 2.37. The van der Waals surface area contributed by atoms with Gasteiger partial charge < -0.3 is 14.3 Å². The first-order valence-electron chi connectivity index (χ1n) is 8.48. The minimum absolute atomic E-state index is 0.137. The summed E-state index contributed by atoms with van der Waals surface area (Å²) in [5.74, 6) is -0.402. The topological polar surface area (TPSA) is 89.1 Å². The molecule has 1 aliphatic carbocycles. The maximum absolute atomic E-state index is 11.5. The molecule has 0 saturated heterocycles. The summed E-state index contributed by atoms with van der Waals surface area (Å²) < 4.78 is 10.9. The van der Waals surface area contributed by atoms with Gasteiger partial charge in [0.25, 0.3) is 0 Å². The molecule has 1 aromatic heterocycles. The van der Waals surface area contributed by atoms with Crippen molar-refractivity contribution in [1.82, 2.24) is 0 Å². The van der Waals surface area contributed by atoms with E-state index in [1.54, 1.807) is 6.07 Å². The van der Waals surface area contributed by atoms with Crippen LogP contribution in [0.15, 0.2) is 19.9 Å². The normalized spacial score (nSPS) is 22.1. The molecule has 0 aliphatic heterocycles. The van der Waals surface area contributed by atoms with Crippen LogP contribution < -0.4 is 0 Å². The Labute approximate surface area is 155 Å². The largest absolute Gasteiger partial charge is 0.481 e. The minimum atomic E-state index is -0.771. The second-order valence-corrected chi connectivity index (χ2v) is 7.50. The zero-order chi connectivity index (χ0) is 18.4. The lowest BCUT2D eigenvalue weighted by molar-refractivity contribution is -0.138. The maximum atomic E-state index is 11.5. The standard InChI is InChI=1S/C18H24BrNO5/c1-18(11-16(21)22)8-4-3-7-15(18)20-9-5-6-13-12(19)10-14(25-13)17(23)24-2/h10H,3-9,11H2,1-2H3,(H,21,22). The molecule has 1 fully saturated rings. The first kappa shape index (κ1) is 19.7. The third kappa shape index (κ3) is 5.17. The van der Waals surface area contributed by atoms with E-state index >= 15 is 0 Å². The van der Waals surface area contributed by atoms with E-state index in [1.807, 2.05) is 6.92 Å². The van der Waals surface area contributed by atoms with E-state index in [2.05, 4.69) is 20.7 Å². The molecular formula is C18H24BrNO5. The average molecular weight is 414 g/mol. The van der Waals surface area contributed by atoms with Gasteiger partial charge in [0, 0.05) is 30.2 Å². The number of hydrogen-bond acceptors (Lipinski definition) is 5. The van der Waals surface area contributed by atoms with E-state index in [4.69, 9.17) is 14.5 Å².